The molecule has 4 saturated carbocycles. The van der Waals surface area contributed by atoms with Gasteiger partial charge in [-0.2, -0.15) is 0 Å². The van der Waals surface area contributed by atoms with Crippen LogP contribution in [0.4, 0.5) is 0 Å². The van der Waals surface area contributed by atoms with Crippen LogP contribution in [-0.4, -0.2) is 11.2 Å². The van der Waals surface area contributed by atoms with E-state index in [0.717, 1.165) is 47.8 Å². The maximum atomic E-state index is 11.5. The Kier molecular flexibility index (Phi) is 6.14. The topological polar surface area (TPSA) is 20.2 Å². The molecule has 0 amide bonds. The van der Waals surface area contributed by atoms with Crippen LogP contribution in [-0.2, 0) is 0 Å². The Morgan fingerprint density at radius 1 is 1.00 bits per heavy atom. The van der Waals surface area contributed by atoms with Gasteiger partial charge in [0.1, 0.15) is 0 Å². The Balaban J connectivity index is 0.00000210. The van der Waals surface area contributed by atoms with Gasteiger partial charge < -0.3 is 5.11 Å². The lowest BCUT2D eigenvalue weighted by molar-refractivity contribution is -0.171. The van der Waals surface area contributed by atoms with Gasteiger partial charge in [0.15, 0.2) is 0 Å². The van der Waals surface area contributed by atoms with Gasteiger partial charge in [0.05, 0.1) is 6.10 Å². The van der Waals surface area contributed by atoms with Crippen molar-refractivity contribution in [3.63, 3.8) is 0 Å². The molecule has 1 nitrogen and oxygen atoms in total. The summed E-state index contributed by atoms with van der Waals surface area (Å²) in [6, 6.07) is 0. The third-order valence-electron chi connectivity index (χ3n) is 10.5. The van der Waals surface area contributed by atoms with Crippen LogP contribution in [0.5, 0.6) is 0 Å². The van der Waals surface area contributed by atoms with E-state index in [1.807, 2.05) is 0 Å². The minimum Gasteiger partial charge on any atom is -0.393 e. The lowest BCUT2D eigenvalue weighted by Crippen LogP contribution is -2.58. The van der Waals surface area contributed by atoms with E-state index in [1.165, 1.54) is 57.8 Å². The molecule has 0 aromatic heterocycles. The minimum atomic E-state index is -0.0597. The van der Waals surface area contributed by atoms with Gasteiger partial charge in [-0.25, -0.2) is 0 Å². The average molecular weight is 377 g/mol. The molecular weight excluding hydrogens is 328 g/mol. The smallest absolute Gasteiger partial charge is 0.0602 e. The summed E-state index contributed by atoms with van der Waals surface area (Å²) in [5.41, 5.74) is 0.714. The number of hydrogen-bond donors (Lipinski definition) is 1. The van der Waals surface area contributed by atoms with Crippen molar-refractivity contribution in [1.29, 1.82) is 0 Å². The van der Waals surface area contributed by atoms with Crippen molar-refractivity contribution >= 4 is 0 Å². The highest BCUT2D eigenvalue weighted by Crippen LogP contribution is 2.68. The molecule has 0 radical (unpaired) electrons. The first kappa shape index (κ1) is 21.7. The van der Waals surface area contributed by atoms with E-state index in [-0.39, 0.29) is 18.9 Å². The van der Waals surface area contributed by atoms with E-state index in [4.69, 9.17) is 0 Å². The Morgan fingerprint density at radius 2 is 1.74 bits per heavy atom. The summed E-state index contributed by atoms with van der Waals surface area (Å²) in [5.74, 6) is 5.87. The normalized spacial score (nSPS) is 52.9. The third-order valence-corrected chi connectivity index (χ3v) is 10.5. The van der Waals surface area contributed by atoms with Gasteiger partial charge in [-0.1, -0.05) is 61.3 Å². The number of fused-ring (bicyclic) bond motifs is 5. The Hall–Kier alpha value is -0.0400. The third kappa shape index (κ3) is 3.13. The lowest BCUT2D eigenvalue weighted by atomic mass is 9.43. The SMILES string of the molecule is C.CCC[C@@H](C)C1CC[C@H]2C3CC[C@@H]4C[C@H](C)CC[C@]4(C)[C@H]3C[C@H](O)[C@]12C. The van der Waals surface area contributed by atoms with Crippen LogP contribution in [0, 0.1) is 52.3 Å². The summed E-state index contributed by atoms with van der Waals surface area (Å²) in [6.45, 7) is 12.4. The van der Waals surface area contributed by atoms with E-state index in [0.29, 0.717) is 5.41 Å². The molecule has 10 atom stereocenters. The van der Waals surface area contributed by atoms with E-state index in [9.17, 15) is 5.11 Å². The molecule has 0 bridgehead atoms. The van der Waals surface area contributed by atoms with Crippen molar-refractivity contribution in [1.82, 2.24) is 0 Å². The fraction of sp³-hybridized carbons (Fsp3) is 1.00. The van der Waals surface area contributed by atoms with Crippen molar-refractivity contribution in [2.45, 2.75) is 112 Å². The maximum absolute atomic E-state index is 11.5. The second kappa shape index (κ2) is 7.66. The zero-order chi connectivity index (χ0) is 18.7. The van der Waals surface area contributed by atoms with Crippen LogP contribution >= 0.6 is 0 Å². The van der Waals surface area contributed by atoms with Crippen LogP contribution in [0.1, 0.15) is 106 Å². The number of hydrogen-bond acceptors (Lipinski definition) is 1. The number of rotatable bonds is 3. The monoisotopic (exact) mass is 376 g/mol. The summed E-state index contributed by atoms with van der Waals surface area (Å²) in [7, 11) is 0. The van der Waals surface area contributed by atoms with Crippen LogP contribution < -0.4 is 0 Å². The highest BCUT2D eigenvalue weighted by Gasteiger charge is 2.63. The predicted molar refractivity (Wildman–Crippen MR) is 117 cm³/mol. The first-order valence-electron chi connectivity index (χ1n) is 12.0. The summed E-state index contributed by atoms with van der Waals surface area (Å²) in [6.07, 6.45) is 13.7. The molecule has 27 heavy (non-hydrogen) atoms. The zero-order valence-electron chi connectivity index (χ0n) is 18.1. The molecule has 0 heterocycles. The van der Waals surface area contributed by atoms with Gasteiger partial charge >= 0.3 is 0 Å². The molecule has 0 saturated heterocycles. The summed E-state index contributed by atoms with van der Waals surface area (Å²) < 4.78 is 0. The Morgan fingerprint density at radius 3 is 2.44 bits per heavy atom. The molecule has 158 valence electrons. The number of aliphatic hydroxyl groups is 1. The van der Waals surface area contributed by atoms with Gasteiger partial charge in [-0.15, -0.1) is 0 Å². The van der Waals surface area contributed by atoms with Crippen molar-refractivity contribution in [3.05, 3.63) is 0 Å². The molecule has 4 fully saturated rings. The number of aliphatic hydroxyl groups excluding tert-OH is 1. The van der Waals surface area contributed by atoms with Crippen molar-refractivity contribution in [3.8, 4) is 0 Å². The molecule has 1 N–H and O–H groups in total. The molecule has 4 rings (SSSR count). The van der Waals surface area contributed by atoms with Gasteiger partial charge in [-0.05, 0) is 97.2 Å². The molecule has 0 aromatic carbocycles. The molecule has 2 unspecified atom stereocenters. The average Bonchev–Trinajstić information content (AvgIpc) is 2.96. The van der Waals surface area contributed by atoms with E-state index < -0.39 is 0 Å². The van der Waals surface area contributed by atoms with Gasteiger partial charge in [0.2, 0.25) is 0 Å². The second-order valence-electron chi connectivity index (χ2n) is 11.6. The lowest BCUT2D eigenvalue weighted by Gasteiger charge is -2.62. The van der Waals surface area contributed by atoms with Crippen LogP contribution in [0.15, 0.2) is 0 Å². The molecule has 4 aliphatic carbocycles. The van der Waals surface area contributed by atoms with Crippen molar-refractivity contribution in [2.75, 3.05) is 0 Å². The summed E-state index contributed by atoms with van der Waals surface area (Å²) >= 11 is 0. The van der Waals surface area contributed by atoms with E-state index in [2.05, 4.69) is 34.6 Å². The van der Waals surface area contributed by atoms with Crippen molar-refractivity contribution < 1.29 is 5.11 Å². The molecule has 0 aromatic rings. The quantitative estimate of drug-likeness (QED) is 0.547. The molecule has 0 spiro atoms. The highest BCUT2D eigenvalue weighted by atomic mass is 16.3. The van der Waals surface area contributed by atoms with Gasteiger partial charge in [0.25, 0.3) is 0 Å². The molecule has 0 aliphatic heterocycles. The fourth-order valence-electron chi connectivity index (χ4n) is 9.05. The van der Waals surface area contributed by atoms with Crippen LogP contribution in [0.3, 0.4) is 0 Å². The van der Waals surface area contributed by atoms with Crippen LogP contribution in [0.2, 0.25) is 0 Å². The standard InChI is InChI=1S/C25H44O.CH4/c1-6-7-17(3)20-10-11-21-19-9-8-18-14-16(2)12-13-24(18,4)22(19)15-23(26)25(20,21)5;/h16-23,26H,6-15H2,1-5H3;1H4/t16-,17-,18-,19?,20?,21+,22+,23+,24+,25-;/m1./s1. The van der Waals surface area contributed by atoms with Gasteiger partial charge in [-0.3, -0.25) is 0 Å². The molecule has 4 aliphatic rings. The van der Waals surface area contributed by atoms with Gasteiger partial charge in [0, 0.05) is 0 Å². The van der Waals surface area contributed by atoms with E-state index in [1.54, 1.807) is 0 Å². The largest absolute Gasteiger partial charge is 0.393 e. The first-order valence-corrected chi connectivity index (χ1v) is 12.0. The second-order valence-corrected chi connectivity index (χ2v) is 11.6. The molecular formula is C26H48O. The maximum Gasteiger partial charge on any atom is 0.0602 e. The highest BCUT2D eigenvalue weighted by molar-refractivity contribution is 5.12. The molecule has 1 heteroatoms. The fourth-order valence-corrected chi connectivity index (χ4v) is 9.05. The van der Waals surface area contributed by atoms with E-state index >= 15 is 0 Å². The zero-order valence-corrected chi connectivity index (χ0v) is 18.1. The van der Waals surface area contributed by atoms with Crippen LogP contribution in [0.25, 0.3) is 0 Å². The Labute approximate surface area is 170 Å². The minimum absolute atomic E-state index is 0. The predicted octanol–water partition coefficient (Wildman–Crippen LogP) is 7.32. The summed E-state index contributed by atoms with van der Waals surface area (Å²) in [5, 5.41) is 11.5. The Bertz CT molecular complexity index is 514. The summed E-state index contributed by atoms with van der Waals surface area (Å²) in [4.78, 5) is 0. The first-order chi connectivity index (χ1) is 12.3. The van der Waals surface area contributed by atoms with Crippen molar-refractivity contribution in [2.24, 2.45) is 52.3 Å².